The average molecular weight is 285 g/mol. The number of carbonyl (C=O) groups excluding carboxylic acids is 2. The van der Waals surface area contributed by atoms with E-state index >= 15 is 0 Å². The van der Waals surface area contributed by atoms with E-state index in [2.05, 4.69) is 5.32 Å². The van der Waals surface area contributed by atoms with E-state index in [0.717, 1.165) is 0 Å². The molecule has 0 radical (unpaired) electrons. The lowest BCUT2D eigenvalue weighted by molar-refractivity contribution is -0.150. The lowest BCUT2D eigenvalue weighted by Gasteiger charge is -2.36. The van der Waals surface area contributed by atoms with E-state index in [4.69, 9.17) is 22.7 Å². The number of hydrogen-bond acceptors (Lipinski definition) is 4. The van der Waals surface area contributed by atoms with Gasteiger partial charge in [-0.1, -0.05) is 12.2 Å². The largest absolute Gasteiger partial charge is 0.392 e. The van der Waals surface area contributed by atoms with Crippen molar-refractivity contribution in [3.8, 4) is 0 Å². The summed E-state index contributed by atoms with van der Waals surface area (Å²) in [5.74, 6) is -0.311. The number of hydrogen-bond donors (Lipinski definition) is 2. The molecule has 1 aliphatic carbocycles. The van der Waals surface area contributed by atoms with Crippen molar-refractivity contribution in [3.63, 3.8) is 0 Å². The quantitative estimate of drug-likeness (QED) is 0.675. The first-order valence-electron chi connectivity index (χ1n) is 6.49. The molecule has 1 saturated carbocycles. The summed E-state index contributed by atoms with van der Waals surface area (Å²) in [5.41, 5.74) is 4.96. The number of thiocarbonyl (C=S) groups is 1. The zero-order valence-electron chi connectivity index (χ0n) is 11.0. The van der Waals surface area contributed by atoms with Crippen LogP contribution in [-0.4, -0.2) is 54.0 Å². The van der Waals surface area contributed by atoms with E-state index in [1.54, 1.807) is 4.90 Å². The Morgan fingerprint density at radius 2 is 2.21 bits per heavy atom. The van der Waals surface area contributed by atoms with E-state index in [9.17, 15) is 9.59 Å². The first-order chi connectivity index (χ1) is 9.03. The lowest BCUT2D eigenvalue weighted by atomic mass is 10.0. The Balaban J connectivity index is 2.14. The number of morpholine rings is 1. The second-order valence-corrected chi connectivity index (χ2v) is 5.37. The summed E-state index contributed by atoms with van der Waals surface area (Å²) in [4.78, 5) is 26.4. The highest BCUT2D eigenvalue weighted by atomic mass is 32.1. The summed E-state index contributed by atoms with van der Waals surface area (Å²) >= 11 is 4.99. The first-order valence-corrected chi connectivity index (χ1v) is 6.90. The molecule has 0 aromatic heterocycles. The standard InChI is InChI=1S/C12H19N3O3S/c1-2-14-9(16)8-7-18-6-5-15(8)11(17)12(3-4-12)10(13)19/h8H,2-7H2,1H3,(H2,13,19)(H,14,16). The van der Waals surface area contributed by atoms with Crippen LogP contribution in [0.1, 0.15) is 19.8 Å². The number of amides is 2. The molecule has 1 atom stereocenters. The van der Waals surface area contributed by atoms with Gasteiger partial charge in [0.25, 0.3) is 0 Å². The monoisotopic (exact) mass is 285 g/mol. The third-order valence-corrected chi connectivity index (χ3v) is 4.06. The zero-order valence-corrected chi connectivity index (χ0v) is 11.8. The van der Waals surface area contributed by atoms with Crippen molar-refractivity contribution < 1.29 is 14.3 Å². The van der Waals surface area contributed by atoms with Crippen LogP contribution in [0, 0.1) is 5.41 Å². The molecular formula is C12H19N3O3S. The zero-order chi connectivity index (χ0) is 14.0. The molecule has 2 rings (SSSR count). The Morgan fingerprint density at radius 3 is 2.74 bits per heavy atom. The predicted molar refractivity (Wildman–Crippen MR) is 73.5 cm³/mol. The number of rotatable bonds is 4. The fourth-order valence-electron chi connectivity index (χ4n) is 2.32. The maximum atomic E-state index is 12.6. The van der Waals surface area contributed by atoms with Gasteiger partial charge in [-0.3, -0.25) is 9.59 Å². The van der Waals surface area contributed by atoms with Crippen LogP contribution in [0.5, 0.6) is 0 Å². The van der Waals surface area contributed by atoms with Crippen molar-refractivity contribution in [2.75, 3.05) is 26.3 Å². The molecule has 2 aliphatic rings. The van der Waals surface area contributed by atoms with Gasteiger partial charge < -0.3 is 20.7 Å². The van der Waals surface area contributed by atoms with Crippen molar-refractivity contribution in [1.82, 2.24) is 10.2 Å². The van der Waals surface area contributed by atoms with Crippen LogP contribution in [-0.2, 0) is 14.3 Å². The third-order valence-electron chi connectivity index (χ3n) is 3.67. The van der Waals surface area contributed by atoms with Crippen LogP contribution in [0.2, 0.25) is 0 Å². The normalized spacial score (nSPS) is 24.7. The van der Waals surface area contributed by atoms with Gasteiger partial charge >= 0.3 is 0 Å². The molecule has 1 unspecified atom stereocenters. The maximum Gasteiger partial charge on any atom is 0.245 e. The van der Waals surface area contributed by atoms with Gasteiger partial charge in [0, 0.05) is 13.1 Å². The molecule has 0 aromatic rings. The topological polar surface area (TPSA) is 84.7 Å². The highest BCUT2D eigenvalue weighted by Gasteiger charge is 2.56. The Bertz CT molecular complexity index is 409. The van der Waals surface area contributed by atoms with Crippen molar-refractivity contribution in [2.45, 2.75) is 25.8 Å². The third kappa shape index (κ3) is 2.57. The van der Waals surface area contributed by atoms with Gasteiger partial charge in [0.05, 0.1) is 23.6 Å². The average Bonchev–Trinajstić information content (AvgIpc) is 3.19. The molecule has 19 heavy (non-hydrogen) atoms. The number of nitrogens with one attached hydrogen (secondary N) is 1. The smallest absolute Gasteiger partial charge is 0.245 e. The van der Waals surface area contributed by atoms with Gasteiger partial charge in [-0.2, -0.15) is 0 Å². The van der Waals surface area contributed by atoms with Gasteiger partial charge in [0.1, 0.15) is 6.04 Å². The minimum atomic E-state index is -0.711. The molecule has 1 heterocycles. The van der Waals surface area contributed by atoms with Gasteiger partial charge in [0.2, 0.25) is 11.8 Å². The van der Waals surface area contributed by atoms with E-state index in [0.29, 0.717) is 32.5 Å². The molecule has 1 saturated heterocycles. The predicted octanol–water partition coefficient (Wildman–Crippen LogP) is -0.584. The molecule has 2 amide bonds. The molecule has 6 nitrogen and oxygen atoms in total. The summed E-state index contributed by atoms with van der Waals surface area (Å²) in [7, 11) is 0. The molecular weight excluding hydrogens is 266 g/mol. The van der Waals surface area contributed by atoms with Gasteiger partial charge in [-0.15, -0.1) is 0 Å². The van der Waals surface area contributed by atoms with Crippen molar-refractivity contribution >= 4 is 29.0 Å². The van der Waals surface area contributed by atoms with E-state index < -0.39 is 11.5 Å². The summed E-state index contributed by atoms with van der Waals surface area (Å²) in [5, 5.41) is 2.72. The highest BCUT2D eigenvalue weighted by molar-refractivity contribution is 7.80. The van der Waals surface area contributed by atoms with Gasteiger partial charge in [0.15, 0.2) is 0 Å². The van der Waals surface area contributed by atoms with E-state index in [1.807, 2.05) is 6.92 Å². The maximum absolute atomic E-state index is 12.6. The highest BCUT2D eigenvalue weighted by Crippen LogP contribution is 2.48. The lowest BCUT2D eigenvalue weighted by Crippen LogP contribution is -2.58. The molecule has 0 aromatic carbocycles. The molecule has 3 N–H and O–H groups in total. The number of carbonyl (C=O) groups is 2. The number of nitrogens with two attached hydrogens (primary N) is 1. The minimum Gasteiger partial charge on any atom is -0.392 e. The molecule has 0 bridgehead atoms. The Morgan fingerprint density at radius 1 is 1.53 bits per heavy atom. The van der Waals surface area contributed by atoms with Gasteiger partial charge in [-0.05, 0) is 19.8 Å². The van der Waals surface area contributed by atoms with Crippen LogP contribution < -0.4 is 11.1 Å². The van der Waals surface area contributed by atoms with Crippen LogP contribution in [0.4, 0.5) is 0 Å². The van der Waals surface area contributed by atoms with Crippen molar-refractivity contribution in [3.05, 3.63) is 0 Å². The van der Waals surface area contributed by atoms with Crippen LogP contribution in [0.3, 0.4) is 0 Å². The molecule has 1 aliphatic heterocycles. The summed E-state index contributed by atoms with van der Waals surface area (Å²) < 4.78 is 5.30. The van der Waals surface area contributed by atoms with Crippen LogP contribution >= 0.6 is 12.2 Å². The molecule has 106 valence electrons. The van der Waals surface area contributed by atoms with E-state index in [1.165, 1.54) is 0 Å². The first kappa shape index (κ1) is 14.2. The Labute approximate surface area is 117 Å². The van der Waals surface area contributed by atoms with E-state index in [-0.39, 0.29) is 23.4 Å². The summed E-state index contributed by atoms with van der Waals surface area (Å²) in [6.45, 7) is 3.44. The number of nitrogens with zero attached hydrogens (tertiary/aromatic N) is 1. The summed E-state index contributed by atoms with van der Waals surface area (Å²) in [6, 6.07) is -0.576. The fraction of sp³-hybridized carbons (Fsp3) is 0.750. The molecule has 2 fully saturated rings. The molecule has 7 heteroatoms. The molecule has 0 spiro atoms. The van der Waals surface area contributed by atoms with Crippen LogP contribution in [0.25, 0.3) is 0 Å². The van der Waals surface area contributed by atoms with Gasteiger partial charge in [-0.25, -0.2) is 0 Å². The number of ether oxygens (including phenoxy) is 1. The SMILES string of the molecule is CCNC(=O)C1COCCN1C(=O)C1(C(N)=S)CC1. The van der Waals surface area contributed by atoms with Crippen molar-refractivity contribution in [2.24, 2.45) is 11.1 Å². The second kappa shape index (κ2) is 5.42. The Hall–Kier alpha value is -1.21. The Kier molecular flexibility index (Phi) is 4.05. The number of likely N-dealkylation sites (N-methyl/N-ethyl adjacent to an activating group) is 1. The van der Waals surface area contributed by atoms with Crippen molar-refractivity contribution in [1.29, 1.82) is 0 Å². The minimum absolute atomic E-state index is 0.125. The fourth-order valence-corrected chi connectivity index (χ4v) is 2.61. The van der Waals surface area contributed by atoms with Crippen LogP contribution in [0.15, 0.2) is 0 Å². The summed E-state index contributed by atoms with van der Waals surface area (Å²) in [6.07, 6.45) is 1.36. The second-order valence-electron chi connectivity index (χ2n) is 4.93.